The maximum atomic E-state index is 12.3. The fourth-order valence-electron chi connectivity index (χ4n) is 2.48. The Kier molecular flexibility index (Phi) is 5.92. The van der Waals surface area contributed by atoms with Crippen molar-refractivity contribution in [3.05, 3.63) is 29.8 Å². The number of thioether (sulfide) groups is 1. The van der Waals surface area contributed by atoms with Crippen molar-refractivity contribution in [3.63, 3.8) is 0 Å². The van der Waals surface area contributed by atoms with Crippen LogP contribution in [0.25, 0.3) is 0 Å². The van der Waals surface area contributed by atoms with E-state index >= 15 is 0 Å². The Morgan fingerprint density at radius 2 is 2.15 bits per heavy atom. The third-order valence-electron chi connectivity index (χ3n) is 3.73. The van der Waals surface area contributed by atoms with Crippen LogP contribution in [0.2, 0.25) is 0 Å². The van der Waals surface area contributed by atoms with Gasteiger partial charge >= 0.3 is 0 Å². The maximum Gasteiger partial charge on any atom is 0.253 e. The summed E-state index contributed by atoms with van der Waals surface area (Å²) in [4.78, 5) is 15.3. The minimum atomic E-state index is 0.102. The predicted molar refractivity (Wildman–Crippen MR) is 83.4 cm³/mol. The number of carbonyl (C=O) groups excluding carboxylic acids is 1. The van der Waals surface area contributed by atoms with Crippen molar-refractivity contribution in [1.82, 2.24) is 4.90 Å². The van der Waals surface area contributed by atoms with Gasteiger partial charge in [0.1, 0.15) is 0 Å². The highest BCUT2D eigenvalue weighted by Crippen LogP contribution is 2.18. The van der Waals surface area contributed by atoms with Gasteiger partial charge in [-0.2, -0.15) is 0 Å². The molecule has 1 fully saturated rings. The van der Waals surface area contributed by atoms with Gasteiger partial charge in [0.25, 0.3) is 5.91 Å². The van der Waals surface area contributed by atoms with E-state index in [1.165, 1.54) is 17.7 Å². The molecule has 110 valence electrons. The Morgan fingerprint density at radius 3 is 2.75 bits per heavy atom. The molecule has 1 heterocycles. The summed E-state index contributed by atoms with van der Waals surface area (Å²) >= 11 is 1.69. The number of rotatable bonds is 6. The van der Waals surface area contributed by atoms with Crippen molar-refractivity contribution in [2.45, 2.75) is 36.7 Å². The molecule has 1 aliphatic heterocycles. The van der Waals surface area contributed by atoms with Gasteiger partial charge in [-0.25, -0.2) is 0 Å². The molecule has 1 saturated heterocycles. The Bertz CT molecular complexity index is 427. The minimum Gasteiger partial charge on any atom is -0.378 e. The van der Waals surface area contributed by atoms with Gasteiger partial charge in [0, 0.05) is 30.7 Å². The second-order valence-corrected chi connectivity index (χ2v) is 6.11. The Hall–Kier alpha value is -1.00. The molecule has 0 unspecified atom stereocenters. The van der Waals surface area contributed by atoms with Crippen LogP contribution < -0.4 is 0 Å². The predicted octanol–water partition coefficient (Wildman–Crippen LogP) is 3.44. The highest BCUT2D eigenvalue weighted by Gasteiger charge is 2.16. The summed E-state index contributed by atoms with van der Waals surface area (Å²) in [6, 6.07) is 7.81. The lowest BCUT2D eigenvalue weighted by atomic mass is 10.1. The van der Waals surface area contributed by atoms with Crippen molar-refractivity contribution in [3.8, 4) is 0 Å². The molecule has 0 N–H and O–H groups in total. The lowest BCUT2D eigenvalue weighted by Gasteiger charge is -2.18. The smallest absolute Gasteiger partial charge is 0.253 e. The molecule has 1 amide bonds. The normalized spacial score (nSPS) is 18.2. The number of benzene rings is 1. The first-order valence-corrected chi connectivity index (χ1v) is 8.44. The number of nitrogens with zero attached hydrogens (tertiary/aromatic N) is 1. The third kappa shape index (κ3) is 4.25. The zero-order chi connectivity index (χ0) is 14.4. The third-order valence-corrected chi connectivity index (χ3v) is 4.47. The highest BCUT2D eigenvalue weighted by atomic mass is 32.2. The van der Waals surface area contributed by atoms with Crippen LogP contribution in [-0.2, 0) is 4.74 Å². The van der Waals surface area contributed by atoms with Gasteiger partial charge in [0.2, 0.25) is 0 Å². The van der Waals surface area contributed by atoms with E-state index in [0.29, 0.717) is 6.10 Å². The van der Waals surface area contributed by atoms with Crippen LogP contribution in [-0.4, -0.2) is 43.4 Å². The van der Waals surface area contributed by atoms with Crippen LogP contribution in [0.15, 0.2) is 29.2 Å². The molecule has 20 heavy (non-hydrogen) atoms. The van der Waals surface area contributed by atoms with Crippen LogP contribution in [0.3, 0.4) is 0 Å². The van der Waals surface area contributed by atoms with Gasteiger partial charge in [-0.15, -0.1) is 11.8 Å². The molecule has 0 aliphatic carbocycles. The standard InChI is InChI=1S/C16H23NO2S/c1-17(11-3-5-14-6-4-12-19-14)16(18)13-7-9-15(20-2)10-8-13/h7-10,14H,3-6,11-12H2,1-2H3/t14-/m1/s1. The van der Waals surface area contributed by atoms with Crippen molar-refractivity contribution in [1.29, 1.82) is 0 Å². The molecule has 0 bridgehead atoms. The van der Waals surface area contributed by atoms with E-state index in [9.17, 15) is 4.79 Å². The largest absolute Gasteiger partial charge is 0.378 e. The number of amides is 1. The van der Waals surface area contributed by atoms with E-state index in [1.54, 1.807) is 11.8 Å². The zero-order valence-corrected chi connectivity index (χ0v) is 13.1. The van der Waals surface area contributed by atoms with Crippen molar-refractivity contribution < 1.29 is 9.53 Å². The van der Waals surface area contributed by atoms with Crippen molar-refractivity contribution >= 4 is 17.7 Å². The monoisotopic (exact) mass is 293 g/mol. The van der Waals surface area contributed by atoms with Gasteiger partial charge < -0.3 is 9.64 Å². The Morgan fingerprint density at radius 1 is 1.40 bits per heavy atom. The second kappa shape index (κ2) is 7.70. The highest BCUT2D eigenvalue weighted by molar-refractivity contribution is 7.98. The van der Waals surface area contributed by atoms with E-state index in [2.05, 4.69) is 0 Å². The minimum absolute atomic E-state index is 0.102. The Labute approximate surface area is 125 Å². The van der Waals surface area contributed by atoms with E-state index in [1.807, 2.05) is 42.5 Å². The summed E-state index contributed by atoms with van der Waals surface area (Å²) in [5.74, 6) is 0.102. The molecule has 1 aliphatic rings. The average molecular weight is 293 g/mol. The molecular formula is C16H23NO2S. The number of hydrogen-bond acceptors (Lipinski definition) is 3. The fourth-order valence-corrected chi connectivity index (χ4v) is 2.89. The number of ether oxygens (including phenoxy) is 1. The van der Waals surface area contributed by atoms with Gasteiger partial charge in [-0.1, -0.05) is 0 Å². The van der Waals surface area contributed by atoms with E-state index in [-0.39, 0.29) is 5.91 Å². The van der Waals surface area contributed by atoms with Crippen LogP contribution in [0.1, 0.15) is 36.0 Å². The van der Waals surface area contributed by atoms with Gasteiger partial charge in [-0.3, -0.25) is 4.79 Å². The fraction of sp³-hybridized carbons (Fsp3) is 0.562. The van der Waals surface area contributed by atoms with Gasteiger partial charge in [0.05, 0.1) is 6.10 Å². The van der Waals surface area contributed by atoms with Gasteiger partial charge in [-0.05, 0) is 56.2 Å². The topological polar surface area (TPSA) is 29.5 Å². The first kappa shape index (κ1) is 15.4. The van der Waals surface area contributed by atoms with Crippen LogP contribution in [0, 0.1) is 0 Å². The molecular weight excluding hydrogens is 270 g/mol. The quantitative estimate of drug-likeness (QED) is 0.753. The molecule has 1 aromatic carbocycles. The molecule has 3 nitrogen and oxygen atoms in total. The van der Waals surface area contributed by atoms with E-state index in [0.717, 1.165) is 31.6 Å². The summed E-state index contributed by atoms with van der Waals surface area (Å²) < 4.78 is 5.60. The Balaban J connectivity index is 1.78. The maximum absolute atomic E-state index is 12.3. The summed E-state index contributed by atoms with van der Waals surface area (Å²) in [6.45, 7) is 1.70. The SMILES string of the molecule is CSc1ccc(C(=O)N(C)CCC[C@@H]2CCCO2)cc1. The first-order chi connectivity index (χ1) is 9.70. The van der Waals surface area contributed by atoms with Crippen molar-refractivity contribution in [2.75, 3.05) is 26.5 Å². The number of hydrogen-bond donors (Lipinski definition) is 0. The molecule has 0 radical (unpaired) electrons. The lowest BCUT2D eigenvalue weighted by molar-refractivity contribution is 0.0763. The molecule has 0 saturated carbocycles. The lowest BCUT2D eigenvalue weighted by Crippen LogP contribution is -2.28. The van der Waals surface area contributed by atoms with Gasteiger partial charge in [0.15, 0.2) is 0 Å². The summed E-state index contributed by atoms with van der Waals surface area (Å²) in [7, 11) is 1.88. The van der Waals surface area contributed by atoms with Crippen LogP contribution in [0.5, 0.6) is 0 Å². The summed E-state index contributed by atoms with van der Waals surface area (Å²) in [6.07, 6.45) is 6.88. The first-order valence-electron chi connectivity index (χ1n) is 7.22. The van der Waals surface area contributed by atoms with Crippen LogP contribution in [0.4, 0.5) is 0 Å². The number of carbonyl (C=O) groups is 1. The molecule has 2 rings (SSSR count). The molecule has 0 spiro atoms. The molecule has 4 heteroatoms. The second-order valence-electron chi connectivity index (χ2n) is 5.23. The summed E-state index contributed by atoms with van der Waals surface area (Å²) in [5.41, 5.74) is 0.766. The molecule has 0 aromatic heterocycles. The zero-order valence-electron chi connectivity index (χ0n) is 12.3. The van der Waals surface area contributed by atoms with Crippen LogP contribution >= 0.6 is 11.8 Å². The summed E-state index contributed by atoms with van der Waals surface area (Å²) in [5, 5.41) is 0. The van der Waals surface area contributed by atoms with E-state index < -0.39 is 0 Å². The average Bonchev–Trinajstić information content (AvgIpc) is 2.99. The van der Waals surface area contributed by atoms with E-state index in [4.69, 9.17) is 4.74 Å². The van der Waals surface area contributed by atoms with Crippen molar-refractivity contribution in [2.24, 2.45) is 0 Å². The molecule has 1 aromatic rings. The molecule has 1 atom stereocenters.